The molecule has 0 amide bonds. The molecule has 8 aromatic carbocycles. The van der Waals surface area contributed by atoms with E-state index in [2.05, 4.69) is 137 Å². The van der Waals surface area contributed by atoms with Gasteiger partial charge in [0.25, 0.3) is 0 Å². The zero-order valence-corrected chi connectivity index (χ0v) is 31.4. The van der Waals surface area contributed by atoms with E-state index in [1.807, 2.05) is 60.7 Å². The van der Waals surface area contributed by atoms with Crippen LogP contribution in [0.5, 0.6) is 0 Å². The maximum atomic E-state index is 5.00. The molecule has 0 spiro atoms. The highest BCUT2D eigenvalue weighted by atomic mass is 32.1. The van der Waals surface area contributed by atoms with Crippen molar-refractivity contribution in [2.45, 2.75) is 0 Å². The van der Waals surface area contributed by atoms with Crippen LogP contribution in [0.3, 0.4) is 0 Å². The highest BCUT2D eigenvalue weighted by Crippen LogP contribution is 2.44. The molecule has 12 rings (SSSR count). The lowest BCUT2D eigenvalue weighted by Gasteiger charge is -2.10. The summed E-state index contributed by atoms with van der Waals surface area (Å²) in [5.74, 6) is 1.98. The van der Waals surface area contributed by atoms with Gasteiger partial charge in [0, 0.05) is 69.8 Å². The maximum absolute atomic E-state index is 5.00. The van der Waals surface area contributed by atoms with Gasteiger partial charge in [-0.15, -0.1) is 11.3 Å². The van der Waals surface area contributed by atoms with E-state index in [1.54, 1.807) is 11.3 Å². The number of fused-ring (bicyclic) bond motifs is 10. The van der Waals surface area contributed by atoms with E-state index in [4.69, 9.17) is 15.0 Å². The zero-order chi connectivity index (χ0) is 37.5. The largest absolute Gasteiger partial charge is 0.309 e. The number of para-hydroxylation sites is 3. The Morgan fingerprint density at radius 3 is 1.42 bits per heavy atom. The van der Waals surface area contributed by atoms with Crippen LogP contribution in [-0.2, 0) is 0 Å². The van der Waals surface area contributed by atoms with Gasteiger partial charge >= 0.3 is 0 Å². The number of benzene rings is 8. The van der Waals surface area contributed by atoms with Crippen LogP contribution in [0.2, 0.25) is 0 Å². The molecule has 0 radical (unpaired) electrons. The van der Waals surface area contributed by atoms with Gasteiger partial charge in [-0.05, 0) is 60.7 Å². The van der Waals surface area contributed by atoms with Crippen molar-refractivity contribution in [3.63, 3.8) is 0 Å². The number of thiophene rings is 1. The van der Waals surface area contributed by atoms with Gasteiger partial charge in [-0.1, -0.05) is 127 Å². The molecule has 0 saturated heterocycles. The van der Waals surface area contributed by atoms with Crippen LogP contribution >= 0.6 is 11.3 Å². The molecule has 4 heterocycles. The minimum absolute atomic E-state index is 0.660. The summed E-state index contributed by atoms with van der Waals surface area (Å²) < 4.78 is 7.28. The van der Waals surface area contributed by atoms with Crippen molar-refractivity contribution in [3.8, 4) is 45.5 Å². The van der Waals surface area contributed by atoms with Crippen LogP contribution in [0.1, 0.15) is 0 Å². The Hall–Kier alpha value is -7.41. The molecule has 57 heavy (non-hydrogen) atoms. The molecule has 5 nitrogen and oxygen atoms in total. The summed E-state index contributed by atoms with van der Waals surface area (Å²) >= 11 is 1.81. The highest BCUT2D eigenvalue weighted by molar-refractivity contribution is 7.25. The number of hydrogen-bond donors (Lipinski definition) is 0. The van der Waals surface area contributed by atoms with Crippen molar-refractivity contribution < 1.29 is 0 Å². The van der Waals surface area contributed by atoms with Crippen LogP contribution in [0.15, 0.2) is 188 Å². The predicted molar refractivity (Wildman–Crippen MR) is 238 cm³/mol. The lowest BCUT2D eigenvalue weighted by Crippen LogP contribution is -1.99. The fraction of sp³-hybridized carbons (Fsp3) is 0. The maximum Gasteiger partial charge on any atom is 0.164 e. The fourth-order valence-corrected chi connectivity index (χ4v) is 9.76. The van der Waals surface area contributed by atoms with Crippen LogP contribution in [-0.4, -0.2) is 24.1 Å². The van der Waals surface area contributed by atoms with E-state index in [0.29, 0.717) is 17.5 Å². The summed E-state index contributed by atoms with van der Waals surface area (Å²) in [6.07, 6.45) is 0. The summed E-state index contributed by atoms with van der Waals surface area (Å²) in [6, 6.07) is 66.7. The molecule has 266 valence electrons. The van der Waals surface area contributed by atoms with Gasteiger partial charge in [0.15, 0.2) is 17.5 Å². The first-order chi connectivity index (χ1) is 28.3. The van der Waals surface area contributed by atoms with E-state index < -0.39 is 0 Å². The van der Waals surface area contributed by atoms with E-state index in [9.17, 15) is 0 Å². The van der Waals surface area contributed by atoms with Crippen molar-refractivity contribution in [2.24, 2.45) is 0 Å². The van der Waals surface area contributed by atoms with Crippen molar-refractivity contribution in [1.29, 1.82) is 0 Å². The van der Waals surface area contributed by atoms with E-state index >= 15 is 0 Å². The van der Waals surface area contributed by atoms with Gasteiger partial charge in [0.2, 0.25) is 0 Å². The molecule has 4 aromatic heterocycles. The third kappa shape index (κ3) is 4.98. The zero-order valence-electron chi connectivity index (χ0n) is 30.5. The standard InChI is InChI=1S/C51H31N5S/c1-4-14-32(15-5-1)49-52-50(33-16-6-2-7-17-33)54-51(53-49)34-24-26-37-40-31-36(25-29-45(40)57-46(37)30-34)56-42-23-13-11-21-39(42)48-44(56)28-27-43-47(48)38-20-10-12-22-41(38)55(43)35-18-8-3-9-19-35/h1-31H. The van der Waals surface area contributed by atoms with Gasteiger partial charge in [-0.3, -0.25) is 0 Å². The van der Waals surface area contributed by atoms with Gasteiger partial charge in [0.05, 0.1) is 22.1 Å². The molecule has 0 aliphatic carbocycles. The van der Waals surface area contributed by atoms with Crippen molar-refractivity contribution >= 4 is 75.1 Å². The lowest BCUT2D eigenvalue weighted by atomic mass is 10.1. The van der Waals surface area contributed by atoms with Crippen molar-refractivity contribution in [2.75, 3.05) is 0 Å². The Balaban J connectivity index is 1.04. The second-order valence-electron chi connectivity index (χ2n) is 14.4. The van der Waals surface area contributed by atoms with Gasteiger partial charge < -0.3 is 9.13 Å². The molecule has 0 unspecified atom stereocenters. The quantitative estimate of drug-likeness (QED) is 0.176. The summed E-state index contributed by atoms with van der Waals surface area (Å²) in [6.45, 7) is 0. The predicted octanol–water partition coefficient (Wildman–Crippen LogP) is 13.4. The van der Waals surface area contributed by atoms with E-state index in [1.165, 1.54) is 63.8 Å². The minimum atomic E-state index is 0.660. The van der Waals surface area contributed by atoms with Crippen LogP contribution in [0, 0.1) is 0 Å². The third-order valence-electron chi connectivity index (χ3n) is 11.2. The average Bonchev–Trinajstić information content (AvgIpc) is 3.94. The van der Waals surface area contributed by atoms with Crippen molar-refractivity contribution in [3.05, 3.63) is 188 Å². The molecule has 6 heteroatoms. The van der Waals surface area contributed by atoms with Crippen molar-refractivity contribution in [1.82, 2.24) is 24.1 Å². The first-order valence-electron chi connectivity index (χ1n) is 19.1. The van der Waals surface area contributed by atoms with Gasteiger partial charge in [-0.25, -0.2) is 15.0 Å². The average molecular weight is 746 g/mol. The third-order valence-corrected chi connectivity index (χ3v) is 12.3. The van der Waals surface area contributed by atoms with Crippen LogP contribution < -0.4 is 0 Å². The first-order valence-corrected chi connectivity index (χ1v) is 19.9. The second-order valence-corrected chi connectivity index (χ2v) is 15.5. The Morgan fingerprint density at radius 1 is 0.316 bits per heavy atom. The van der Waals surface area contributed by atoms with Gasteiger partial charge in [0.1, 0.15) is 0 Å². The monoisotopic (exact) mass is 745 g/mol. The topological polar surface area (TPSA) is 48.5 Å². The summed E-state index contributed by atoms with van der Waals surface area (Å²) in [7, 11) is 0. The number of nitrogens with zero attached hydrogens (tertiary/aromatic N) is 5. The first kappa shape index (κ1) is 31.9. The number of hydrogen-bond acceptors (Lipinski definition) is 4. The number of rotatable bonds is 5. The van der Waals surface area contributed by atoms with E-state index in [-0.39, 0.29) is 0 Å². The molecular formula is C51H31N5S. The molecular weight excluding hydrogens is 715 g/mol. The highest BCUT2D eigenvalue weighted by Gasteiger charge is 2.21. The van der Waals surface area contributed by atoms with Crippen LogP contribution in [0.4, 0.5) is 0 Å². The second kappa shape index (κ2) is 12.6. The Bertz CT molecular complexity index is 3450. The fourth-order valence-electron chi connectivity index (χ4n) is 8.63. The normalized spacial score (nSPS) is 11.9. The molecule has 0 N–H and O–H groups in total. The molecule has 12 aromatic rings. The van der Waals surface area contributed by atoms with Crippen LogP contribution in [0.25, 0.3) is 109 Å². The molecule has 0 fully saturated rings. The number of aromatic nitrogens is 5. The molecule has 0 aliphatic rings. The molecule has 0 aliphatic heterocycles. The molecule has 0 bridgehead atoms. The Kier molecular flexibility index (Phi) is 7.03. The lowest BCUT2D eigenvalue weighted by molar-refractivity contribution is 1.07. The smallest absolute Gasteiger partial charge is 0.164 e. The molecule has 0 atom stereocenters. The molecule has 0 saturated carbocycles. The SMILES string of the molecule is c1ccc(-c2nc(-c3ccccc3)nc(-c3ccc4c(c3)sc3ccc(-n5c6ccccc6c6c7c8ccccc8n(-c8ccccc8)c7ccc65)cc34)n2)cc1. The summed E-state index contributed by atoms with van der Waals surface area (Å²) in [5.41, 5.74) is 9.98. The van der Waals surface area contributed by atoms with Gasteiger partial charge in [-0.2, -0.15) is 0 Å². The summed E-state index contributed by atoms with van der Waals surface area (Å²) in [4.78, 5) is 14.9. The Morgan fingerprint density at radius 2 is 0.825 bits per heavy atom. The summed E-state index contributed by atoms with van der Waals surface area (Å²) in [5, 5.41) is 7.50. The van der Waals surface area contributed by atoms with E-state index in [0.717, 1.165) is 28.1 Å². The Labute approximate surface area is 331 Å². The minimum Gasteiger partial charge on any atom is -0.309 e.